The van der Waals surface area contributed by atoms with Crippen LogP contribution in [-0.2, 0) is 9.59 Å². The Balaban J connectivity index is -0.000000244. The Bertz CT molecular complexity index is 216. The molecule has 8 N–H and O–H groups in total. The van der Waals surface area contributed by atoms with Crippen LogP contribution in [0.4, 0.5) is 0 Å². The summed E-state index contributed by atoms with van der Waals surface area (Å²) in [6.07, 6.45) is 4.55. The zero-order valence-electron chi connectivity index (χ0n) is 12.7. The molecule has 0 aromatic rings. The number of carboxylic acid groups (broad SMARTS) is 2. The second kappa shape index (κ2) is 20.1. The molecule has 0 saturated carbocycles. The zero-order chi connectivity index (χ0) is 16.4. The van der Waals surface area contributed by atoms with E-state index in [0.717, 1.165) is 13.1 Å². The van der Waals surface area contributed by atoms with E-state index in [-0.39, 0.29) is 12.8 Å². The lowest BCUT2D eigenvalue weighted by molar-refractivity contribution is -0.139. The molecule has 7 nitrogen and oxygen atoms in total. The number of rotatable bonds is 8. The number of unbranched alkanes of at least 4 members (excludes halogenated alkanes) is 2. The van der Waals surface area contributed by atoms with Crippen LogP contribution in [-0.4, -0.2) is 41.3 Å². The quantitative estimate of drug-likeness (QED) is 0.442. The highest BCUT2D eigenvalue weighted by molar-refractivity contribution is 5.74. The third kappa shape index (κ3) is 30.1. The summed E-state index contributed by atoms with van der Waals surface area (Å²) in [5, 5.41) is 16.3. The molecule has 0 bridgehead atoms. The second-order valence-corrected chi connectivity index (χ2v) is 4.16. The van der Waals surface area contributed by atoms with Gasteiger partial charge in [-0.1, -0.05) is 26.7 Å². The minimum Gasteiger partial charge on any atom is -0.481 e. The molecular formula is C13H31N3O4. The normalized spacial score (nSPS) is 10.4. The minimum atomic E-state index is -1.17. The first-order valence-corrected chi connectivity index (χ1v) is 6.97. The van der Waals surface area contributed by atoms with Gasteiger partial charge in [0.1, 0.15) is 6.04 Å². The Morgan fingerprint density at radius 1 is 1.00 bits per heavy atom. The van der Waals surface area contributed by atoms with Crippen LogP contribution in [0, 0.1) is 0 Å². The van der Waals surface area contributed by atoms with Gasteiger partial charge in [-0.25, -0.2) is 0 Å². The molecule has 0 radical (unpaired) electrons. The number of aliphatic carboxylic acids is 2. The van der Waals surface area contributed by atoms with Gasteiger partial charge in [-0.15, -0.1) is 0 Å². The van der Waals surface area contributed by atoms with Gasteiger partial charge in [-0.3, -0.25) is 9.59 Å². The van der Waals surface area contributed by atoms with E-state index in [9.17, 15) is 9.59 Å². The predicted molar refractivity (Wildman–Crippen MR) is 80.4 cm³/mol. The molecule has 0 aromatic carbocycles. The summed E-state index contributed by atoms with van der Waals surface area (Å²) in [7, 11) is 0. The average Bonchev–Trinajstić information content (AvgIpc) is 2.39. The Labute approximate surface area is 121 Å². The van der Waals surface area contributed by atoms with Crippen LogP contribution < -0.4 is 17.2 Å². The molecule has 0 saturated heterocycles. The predicted octanol–water partition coefficient (Wildman–Crippen LogP) is 0.754. The van der Waals surface area contributed by atoms with E-state index in [1.165, 1.54) is 25.7 Å². The topological polar surface area (TPSA) is 153 Å². The highest BCUT2D eigenvalue weighted by atomic mass is 16.4. The van der Waals surface area contributed by atoms with Gasteiger partial charge >= 0.3 is 11.9 Å². The Morgan fingerprint density at radius 2 is 1.40 bits per heavy atom. The molecule has 1 atom stereocenters. The highest BCUT2D eigenvalue weighted by Gasteiger charge is 2.12. The van der Waals surface area contributed by atoms with Crippen molar-refractivity contribution >= 4 is 11.9 Å². The standard InChI is InChI=1S/C5H9NO4.2C4H11N/c6-3(5(9)10)1-2-4(7)8;2*1-2-3-4-5/h3H,1-2,6H2,(H,7,8)(H,9,10);2*2-5H2,1H3. The van der Waals surface area contributed by atoms with Crippen LogP contribution in [0.3, 0.4) is 0 Å². The molecule has 122 valence electrons. The van der Waals surface area contributed by atoms with Gasteiger partial charge in [-0.05, 0) is 32.4 Å². The van der Waals surface area contributed by atoms with Crippen molar-refractivity contribution in [1.82, 2.24) is 0 Å². The maximum Gasteiger partial charge on any atom is 0.320 e. The molecule has 0 spiro atoms. The molecule has 0 aliphatic carbocycles. The number of nitrogens with two attached hydrogens (primary N) is 3. The molecule has 0 fully saturated rings. The average molecular weight is 293 g/mol. The van der Waals surface area contributed by atoms with Gasteiger partial charge in [0.2, 0.25) is 0 Å². The van der Waals surface area contributed by atoms with E-state index < -0.39 is 18.0 Å². The monoisotopic (exact) mass is 293 g/mol. The summed E-state index contributed by atoms with van der Waals surface area (Å²) in [6, 6.07) is -1.06. The van der Waals surface area contributed by atoms with Crippen LogP contribution in [0.25, 0.3) is 0 Å². The third-order valence-corrected chi connectivity index (χ3v) is 2.10. The van der Waals surface area contributed by atoms with E-state index >= 15 is 0 Å². The Kier molecular flexibility index (Phi) is 24.1. The van der Waals surface area contributed by atoms with E-state index in [0.29, 0.717) is 0 Å². The summed E-state index contributed by atoms with van der Waals surface area (Å²) in [4.78, 5) is 19.9. The summed E-state index contributed by atoms with van der Waals surface area (Å²) in [6.45, 7) is 5.95. The van der Waals surface area contributed by atoms with Gasteiger partial charge in [0.15, 0.2) is 0 Å². The largest absolute Gasteiger partial charge is 0.481 e. The molecule has 0 aromatic heterocycles. The molecule has 7 heteroatoms. The summed E-state index contributed by atoms with van der Waals surface area (Å²) in [5.74, 6) is -2.20. The van der Waals surface area contributed by atoms with Crippen LogP contribution in [0.1, 0.15) is 52.4 Å². The van der Waals surface area contributed by atoms with Crippen LogP contribution in [0.2, 0.25) is 0 Å². The van der Waals surface area contributed by atoms with Crippen molar-refractivity contribution in [1.29, 1.82) is 0 Å². The first-order chi connectivity index (χ1) is 9.37. The van der Waals surface area contributed by atoms with Crippen LogP contribution >= 0.6 is 0 Å². The van der Waals surface area contributed by atoms with Crippen molar-refractivity contribution in [2.24, 2.45) is 17.2 Å². The van der Waals surface area contributed by atoms with Crippen molar-refractivity contribution in [3.8, 4) is 0 Å². The number of hydrogen-bond acceptors (Lipinski definition) is 5. The molecule has 0 aliphatic rings. The minimum absolute atomic E-state index is 0.0231. The molecule has 1 unspecified atom stereocenters. The van der Waals surface area contributed by atoms with Crippen molar-refractivity contribution in [2.45, 2.75) is 58.4 Å². The van der Waals surface area contributed by atoms with Crippen molar-refractivity contribution in [3.63, 3.8) is 0 Å². The lowest BCUT2D eigenvalue weighted by atomic mass is 10.2. The summed E-state index contributed by atoms with van der Waals surface area (Å²) < 4.78 is 0. The van der Waals surface area contributed by atoms with E-state index in [1.54, 1.807) is 0 Å². The van der Waals surface area contributed by atoms with E-state index in [1.807, 2.05) is 0 Å². The molecular weight excluding hydrogens is 262 g/mol. The SMILES string of the molecule is CCCCN.CCCCN.NC(CCC(=O)O)C(=O)O. The van der Waals surface area contributed by atoms with Gasteiger partial charge in [0.25, 0.3) is 0 Å². The molecule has 0 heterocycles. The van der Waals surface area contributed by atoms with Gasteiger partial charge in [0.05, 0.1) is 0 Å². The molecule has 0 aliphatic heterocycles. The summed E-state index contributed by atoms with van der Waals surface area (Å²) in [5.41, 5.74) is 15.3. The Hall–Kier alpha value is -1.18. The second-order valence-electron chi connectivity index (χ2n) is 4.16. The lowest BCUT2D eigenvalue weighted by Crippen LogP contribution is -2.30. The first kappa shape index (κ1) is 23.9. The smallest absolute Gasteiger partial charge is 0.320 e. The Morgan fingerprint density at radius 3 is 1.55 bits per heavy atom. The number of carboxylic acids is 2. The first-order valence-electron chi connectivity index (χ1n) is 6.97. The van der Waals surface area contributed by atoms with Crippen molar-refractivity contribution < 1.29 is 19.8 Å². The number of hydrogen-bond donors (Lipinski definition) is 5. The van der Waals surface area contributed by atoms with Gasteiger partial charge in [-0.2, -0.15) is 0 Å². The fourth-order valence-electron chi connectivity index (χ4n) is 0.811. The fourth-order valence-corrected chi connectivity index (χ4v) is 0.811. The zero-order valence-corrected chi connectivity index (χ0v) is 12.7. The van der Waals surface area contributed by atoms with Crippen molar-refractivity contribution in [3.05, 3.63) is 0 Å². The third-order valence-electron chi connectivity index (χ3n) is 2.10. The molecule has 20 heavy (non-hydrogen) atoms. The van der Waals surface area contributed by atoms with E-state index in [4.69, 9.17) is 27.4 Å². The maximum atomic E-state index is 9.99. The van der Waals surface area contributed by atoms with Crippen molar-refractivity contribution in [2.75, 3.05) is 13.1 Å². The van der Waals surface area contributed by atoms with E-state index in [2.05, 4.69) is 13.8 Å². The van der Waals surface area contributed by atoms with Crippen LogP contribution in [0.15, 0.2) is 0 Å². The van der Waals surface area contributed by atoms with Crippen LogP contribution in [0.5, 0.6) is 0 Å². The van der Waals surface area contributed by atoms with Gasteiger partial charge < -0.3 is 27.4 Å². The maximum absolute atomic E-state index is 9.99. The summed E-state index contributed by atoms with van der Waals surface area (Å²) >= 11 is 0. The molecule has 0 amide bonds. The number of carbonyl (C=O) groups is 2. The van der Waals surface area contributed by atoms with Gasteiger partial charge in [0, 0.05) is 6.42 Å². The highest BCUT2D eigenvalue weighted by Crippen LogP contribution is 1.93. The fraction of sp³-hybridized carbons (Fsp3) is 0.846. The lowest BCUT2D eigenvalue weighted by Gasteiger charge is -2.01. The molecule has 0 rings (SSSR count).